The molecule has 0 aliphatic rings. The maximum absolute atomic E-state index is 10.8. The van der Waals surface area contributed by atoms with E-state index in [4.69, 9.17) is 0 Å². The number of H-pyrrole nitrogens is 1. The van der Waals surface area contributed by atoms with E-state index in [1.807, 2.05) is 13.8 Å². The molecular weight excluding hydrogens is 182 g/mol. The predicted octanol–water partition coefficient (Wildman–Crippen LogP) is 2.97. The summed E-state index contributed by atoms with van der Waals surface area (Å²) in [6, 6.07) is 0. The van der Waals surface area contributed by atoms with Crippen LogP contribution in [0, 0.1) is 20.8 Å². The molecule has 2 rings (SSSR count). The third kappa shape index (κ3) is 1.04. The van der Waals surface area contributed by atoms with Crippen molar-refractivity contribution in [2.24, 2.45) is 0 Å². The maximum Gasteiger partial charge on any atom is 0.153 e. The number of thiophene rings is 1. The lowest BCUT2D eigenvalue weighted by Crippen LogP contribution is -1.80. The molecule has 0 atom stereocenters. The Labute approximate surface area is 80.6 Å². The van der Waals surface area contributed by atoms with Crippen LogP contribution in [0.1, 0.15) is 26.5 Å². The van der Waals surface area contributed by atoms with Gasteiger partial charge in [0.1, 0.15) is 0 Å². The van der Waals surface area contributed by atoms with Crippen LogP contribution in [-0.4, -0.2) is 11.3 Å². The molecule has 0 radical (unpaired) electrons. The van der Waals surface area contributed by atoms with E-state index in [-0.39, 0.29) is 0 Å². The van der Waals surface area contributed by atoms with Gasteiger partial charge in [0.2, 0.25) is 0 Å². The Kier molecular flexibility index (Phi) is 1.77. The first-order valence-electron chi connectivity index (χ1n) is 4.18. The van der Waals surface area contributed by atoms with Crippen molar-refractivity contribution in [3.05, 3.63) is 21.7 Å². The van der Waals surface area contributed by atoms with Gasteiger partial charge in [-0.3, -0.25) is 4.79 Å². The maximum atomic E-state index is 10.8. The number of nitrogens with one attached hydrogen (secondary N) is 1. The van der Waals surface area contributed by atoms with Crippen LogP contribution in [0.3, 0.4) is 0 Å². The second-order valence-corrected chi connectivity index (χ2v) is 4.49. The first-order valence-corrected chi connectivity index (χ1v) is 5.00. The van der Waals surface area contributed by atoms with E-state index >= 15 is 0 Å². The van der Waals surface area contributed by atoms with E-state index in [1.165, 1.54) is 10.3 Å². The second kappa shape index (κ2) is 2.70. The molecule has 0 aliphatic carbocycles. The van der Waals surface area contributed by atoms with Crippen molar-refractivity contribution in [2.45, 2.75) is 20.8 Å². The fourth-order valence-corrected chi connectivity index (χ4v) is 2.67. The van der Waals surface area contributed by atoms with Gasteiger partial charge in [-0.15, -0.1) is 11.3 Å². The highest BCUT2D eigenvalue weighted by Crippen LogP contribution is 2.32. The van der Waals surface area contributed by atoms with Crippen LogP contribution >= 0.6 is 11.3 Å². The Morgan fingerprint density at radius 2 is 2.00 bits per heavy atom. The fourth-order valence-electron chi connectivity index (χ4n) is 1.54. The standard InChI is InChI=1S/C10H11NOS/c1-5-6(2)11-9-8(4-12)7(3)13-10(5)9/h4,11H,1-3H3. The highest BCUT2D eigenvalue weighted by Gasteiger charge is 2.13. The molecule has 0 aromatic carbocycles. The highest BCUT2D eigenvalue weighted by molar-refractivity contribution is 7.19. The summed E-state index contributed by atoms with van der Waals surface area (Å²) in [6.45, 7) is 6.10. The molecule has 0 aliphatic heterocycles. The van der Waals surface area contributed by atoms with Gasteiger partial charge in [-0.1, -0.05) is 0 Å². The number of aldehydes is 1. The molecule has 2 aromatic rings. The Morgan fingerprint density at radius 1 is 1.31 bits per heavy atom. The largest absolute Gasteiger partial charge is 0.357 e. The molecule has 13 heavy (non-hydrogen) atoms. The Bertz CT molecular complexity index is 479. The molecule has 0 amide bonds. The quantitative estimate of drug-likeness (QED) is 0.694. The second-order valence-electron chi connectivity index (χ2n) is 3.27. The van der Waals surface area contributed by atoms with Gasteiger partial charge in [0.05, 0.1) is 15.8 Å². The minimum atomic E-state index is 0.816. The molecule has 2 aromatic heterocycles. The van der Waals surface area contributed by atoms with Crippen LogP contribution in [0.5, 0.6) is 0 Å². The SMILES string of the molecule is Cc1[nH]c2c(C=O)c(C)sc2c1C. The average molecular weight is 193 g/mol. The first kappa shape index (κ1) is 8.51. The van der Waals surface area contributed by atoms with Gasteiger partial charge in [0.15, 0.2) is 6.29 Å². The van der Waals surface area contributed by atoms with Crippen molar-refractivity contribution in [2.75, 3.05) is 0 Å². The third-order valence-corrected chi connectivity index (χ3v) is 3.70. The van der Waals surface area contributed by atoms with E-state index in [1.54, 1.807) is 11.3 Å². The van der Waals surface area contributed by atoms with Crippen molar-refractivity contribution in [1.82, 2.24) is 4.98 Å². The van der Waals surface area contributed by atoms with Gasteiger partial charge < -0.3 is 4.98 Å². The first-order chi connectivity index (χ1) is 6.15. The summed E-state index contributed by atoms with van der Waals surface area (Å²) in [5, 5.41) is 0. The number of aromatic nitrogens is 1. The summed E-state index contributed by atoms with van der Waals surface area (Å²) in [4.78, 5) is 15.2. The molecule has 0 saturated carbocycles. The van der Waals surface area contributed by atoms with Gasteiger partial charge in [-0.25, -0.2) is 0 Å². The molecule has 1 N–H and O–H groups in total. The van der Waals surface area contributed by atoms with Crippen LogP contribution < -0.4 is 0 Å². The molecule has 0 saturated heterocycles. The summed E-state index contributed by atoms with van der Waals surface area (Å²) in [7, 11) is 0. The molecule has 2 heterocycles. The van der Waals surface area contributed by atoms with Gasteiger partial charge in [0.25, 0.3) is 0 Å². The lowest BCUT2D eigenvalue weighted by atomic mass is 10.2. The van der Waals surface area contributed by atoms with E-state index in [9.17, 15) is 4.79 Å². The zero-order valence-corrected chi connectivity index (χ0v) is 8.71. The van der Waals surface area contributed by atoms with E-state index < -0.39 is 0 Å². The molecule has 0 fully saturated rings. The molecule has 0 spiro atoms. The number of aromatic amines is 1. The van der Waals surface area contributed by atoms with Crippen LogP contribution in [0.4, 0.5) is 0 Å². The molecule has 68 valence electrons. The van der Waals surface area contributed by atoms with Gasteiger partial charge in [-0.05, 0) is 26.3 Å². The summed E-state index contributed by atoms with van der Waals surface area (Å²) >= 11 is 1.69. The number of fused-ring (bicyclic) bond motifs is 1. The van der Waals surface area contributed by atoms with Crippen LogP contribution in [0.2, 0.25) is 0 Å². The predicted molar refractivity (Wildman–Crippen MR) is 55.8 cm³/mol. The lowest BCUT2D eigenvalue weighted by molar-refractivity contribution is 0.112. The molecule has 0 bridgehead atoms. The smallest absolute Gasteiger partial charge is 0.153 e. The van der Waals surface area contributed by atoms with Crippen LogP contribution in [0.25, 0.3) is 10.2 Å². The number of hydrogen-bond donors (Lipinski definition) is 1. The molecule has 2 nitrogen and oxygen atoms in total. The summed E-state index contributed by atoms with van der Waals surface area (Å²) in [5.41, 5.74) is 4.24. The fraction of sp³-hybridized carbons (Fsp3) is 0.300. The normalized spacial score (nSPS) is 11.0. The van der Waals surface area contributed by atoms with E-state index in [2.05, 4.69) is 11.9 Å². The summed E-state index contributed by atoms with van der Waals surface area (Å²) < 4.78 is 1.22. The summed E-state index contributed by atoms with van der Waals surface area (Å²) in [5.74, 6) is 0. The Balaban J connectivity index is 2.91. The zero-order chi connectivity index (χ0) is 9.59. The van der Waals surface area contributed by atoms with Crippen molar-refractivity contribution in [1.29, 1.82) is 0 Å². The van der Waals surface area contributed by atoms with Crippen molar-refractivity contribution >= 4 is 27.8 Å². The Hall–Kier alpha value is -1.09. The number of hydrogen-bond acceptors (Lipinski definition) is 2. The number of carbonyl (C=O) groups is 1. The topological polar surface area (TPSA) is 32.9 Å². The van der Waals surface area contributed by atoms with Crippen LogP contribution in [0.15, 0.2) is 0 Å². The van der Waals surface area contributed by atoms with Gasteiger partial charge in [0, 0.05) is 10.6 Å². The number of aryl methyl sites for hydroxylation is 3. The van der Waals surface area contributed by atoms with E-state index in [0.29, 0.717) is 0 Å². The molecular formula is C10H11NOS. The molecule has 0 unspecified atom stereocenters. The van der Waals surface area contributed by atoms with E-state index in [0.717, 1.165) is 27.9 Å². The van der Waals surface area contributed by atoms with Crippen molar-refractivity contribution in [3.63, 3.8) is 0 Å². The zero-order valence-electron chi connectivity index (χ0n) is 7.89. The minimum Gasteiger partial charge on any atom is -0.357 e. The average Bonchev–Trinajstić information content (AvgIpc) is 2.52. The Morgan fingerprint density at radius 3 is 2.62 bits per heavy atom. The lowest BCUT2D eigenvalue weighted by Gasteiger charge is -1.88. The molecule has 3 heteroatoms. The third-order valence-electron chi connectivity index (χ3n) is 2.46. The number of carbonyl (C=O) groups excluding carboxylic acids is 1. The number of rotatable bonds is 1. The summed E-state index contributed by atoms with van der Waals surface area (Å²) in [6.07, 6.45) is 0.934. The van der Waals surface area contributed by atoms with Crippen LogP contribution in [-0.2, 0) is 0 Å². The van der Waals surface area contributed by atoms with Gasteiger partial charge >= 0.3 is 0 Å². The van der Waals surface area contributed by atoms with Gasteiger partial charge in [-0.2, -0.15) is 0 Å². The van der Waals surface area contributed by atoms with Crippen molar-refractivity contribution < 1.29 is 4.79 Å². The minimum absolute atomic E-state index is 0.816. The van der Waals surface area contributed by atoms with Crippen molar-refractivity contribution in [3.8, 4) is 0 Å². The monoisotopic (exact) mass is 193 g/mol. The highest BCUT2D eigenvalue weighted by atomic mass is 32.1.